The lowest BCUT2D eigenvalue weighted by molar-refractivity contribution is 0.0523. The van der Waals surface area contributed by atoms with Crippen LogP contribution in [0.15, 0.2) is 53.5 Å². The average molecular weight is 476 g/mol. The number of carbonyl (C=O) groups excluding carboxylic acids is 1. The number of nitrogens with one attached hydrogen (secondary N) is 2. The van der Waals surface area contributed by atoms with Crippen molar-refractivity contribution >= 4 is 16.9 Å². The van der Waals surface area contributed by atoms with Gasteiger partial charge in [0.15, 0.2) is 0 Å². The summed E-state index contributed by atoms with van der Waals surface area (Å²) < 4.78 is 12.7. The zero-order valence-electron chi connectivity index (χ0n) is 20.5. The van der Waals surface area contributed by atoms with Gasteiger partial charge in [-0.05, 0) is 69.7 Å². The van der Waals surface area contributed by atoms with Crippen molar-refractivity contribution in [3.05, 3.63) is 64.7 Å². The lowest BCUT2D eigenvalue weighted by Gasteiger charge is -2.19. The average Bonchev–Trinajstić information content (AvgIpc) is 3.19. The van der Waals surface area contributed by atoms with Crippen LogP contribution in [0.1, 0.15) is 33.4 Å². The van der Waals surface area contributed by atoms with Crippen LogP contribution in [0.25, 0.3) is 33.2 Å². The molecule has 0 saturated carbocycles. The first kappa shape index (κ1) is 24.0. The molecule has 2 aromatic carbocycles. The van der Waals surface area contributed by atoms with Crippen LogP contribution in [-0.2, 0) is 18.3 Å². The van der Waals surface area contributed by atoms with Crippen molar-refractivity contribution < 1.29 is 14.3 Å². The molecular weight excluding hydrogens is 446 g/mol. The quantitative estimate of drug-likeness (QED) is 0.427. The number of rotatable bonds is 6. The predicted molar refractivity (Wildman–Crippen MR) is 134 cm³/mol. The molecule has 0 aliphatic heterocycles. The maximum Gasteiger partial charge on any atom is 0.407 e. The van der Waals surface area contributed by atoms with E-state index < -0.39 is 11.7 Å². The van der Waals surface area contributed by atoms with Crippen LogP contribution in [0.4, 0.5) is 4.79 Å². The second-order valence-electron chi connectivity index (χ2n) is 9.10. The number of H-pyrrole nitrogens is 1. The van der Waals surface area contributed by atoms with E-state index in [4.69, 9.17) is 9.47 Å². The first-order valence-corrected chi connectivity index (χ1v) is 11.4. The Hall–Kier alpha value is -4.14. The number of carbonyl (C=O) groups is 1. The van der Waals surface area contributed by atoms with Gasteiger partial charge in [-0.25, -0.2) is 9.89 Å². The maximum absolute atomic E-state index is 12.4. The van der Waals surface area contributed by atoms with Crippen molar-refractivity contribution in [2.75, 3.05) is 6.61 Å². The monoisotopic (exact) mass is 475 g/mol. The molecule has 0 fully saturated rings. The van der Waals surface area contributed by atoms with E-state index in [1.54, 1.807) is 33.0 Å². The molecule has 0 atom stereocenters. The highest BCUT2D eigenvalue weighted by Crippen LogP contribution is 2.34. The van der Waals surface area contributed by atoms with Crippen LogP contribution in [0.5, 0.6) is 5.75 Å². The van der Waals surface area contributed by atoms with Gasteiger partial charge >= 0.3 is 6.09 Å². The first-order chi connectivity index (χ1) is 16.7. The molecule has 35 heavy (non-hydrogen) atoms. The highest BCUT2D eigenvalue weighted by atomic mass is 16.6. The summed E-state index contributed by atoms with van der Waals surface area (Å²) in [5.74, 6) is 0.804. The molecule has 0 radical (unpaired) electrons. The number of nitrogens with zero attached hydrogens (tertiary/aromatic N) is 3. The highest BCUT2D eigenvalue weighted by Gasteiger charge is 2.18. The third-order valence-corrected chi connectivity index (χ3v) is 5.36. The summed E-state index contributed by atoms with van der Waals surface area (Å²) in [6.07, 6.45) is 1.24. The molecule has 2 N–H and O–H groups in total. The largest absolute Gasteiger partial charge is 0.494 e. The predicted octanol–water partition coefficient (Wildman–Crippen LogP) is 4.41. The molecule has 9 heteroatoms. The first-order valence-electron chi connectivity index (χ1n) is 11.4. The minimum atomic E-state index is -0.616. The van der Waals surface area contributed by atoms with Crippen molar-refractivity contribution in [1.82, 2.24) is 25.3 Å². The van der Waals surface area contributed by atoms with Gasteiger partial charge in [0.25, 0.3) is 5.56 Å². The van der Waals surface area contributed by atoms with Crippen molar-refractivity contribution in [2.24, 2.45) is 7.05 Å². The van der Waals surface area contributed by atoms with Gasteiger partial charge in [0.1, 0.15) is 11.4 Å². The summed E-state index contributed by atoms with van der Waals surface area (Å²) in [7, 11) is 1.89. The van der Waals surface area contributed by atoms with E-state index in [1.165, 1.54) is 0 Å². The molecule has 2 aromatic heterocycles. The van der Waals surface area contributed by atoms with E-state index in [1.807, 2.05) is 55.1 Å². The number of hydrogen-bond acceptors (Lipinski definition) is 6. The summed E-state index contributed by atoms with van der Waals surface area (Å²) in [6.45, 7) is 8.03. The number of aryl methyl sites for hydroxylation is 1. The highest BCUT2D eigenvalue weighted by molar-refractivity contribution is 5.91. The van der Waals surface area contributed by atoms with Gasteiger partial charge in [0.05, 0.1) is 36.1 Å². The van der Waals surface area contributed by atoms with Gasteiger partial charge in [-0.2, -0.15) is 10.2 Å². The molecule has 4 rings (SSSR count). The molecule has 0 aliphatic carbocycles. The van der Waals surface area contributed by atoms with Gasteiger partial charge in [0, 0.05) is 23.6 Å². The van der Waals surface area contributed by atoms with Gasteiger partial charge < -0.3 is 14.8 Å². The standard InChI is InChI=1S/C26H29N5O4/c1-6-34-18-10-7-16(8-11-18)23-21(14-28-31(23)5)17-9-12-19-20(13-17)22(29-30-24(19)32)15-27-25(33)35-26(2,3)4/h7-14H,6,15H2,1-5H3,(H,27,33)(H,30,32). The number of aromatic amines is 1. The molecule has 1 amide bonds. The molecular formula is C26H29N5O4. The fraction of sp³-hybridized carbons (Fsp3) is 0.308. The topological polar surface area (TPSA) is 111 Å². The SMILES string of the molecule is CCOc1ccc(-c2c(-c3ccc4c(=O)[nH]nc(CNC(=O)OC(C)(C)C)c4c3)cnn2C)cc1. The minimum Gasteiger partial charge on any atom is -0.494 e. The Balaban J connectivity index is 1.72. The van der Waals surface area contributed by atoms with E-state index in [2.05, 4.69) is 20.6 Å². The Bertz CT molecular complexity index is 1410. The minimum absolute atomic E-state index is 0.102. The lowest BCUT2D eigenvalue weighted by Crippen LogP contribution is -2.32. The summed E-state index contributed by atoms with van der Waals surface area (Å²) in [5, 5.41) is 15.0. The third kappa shape index (κ3) is 5.34. The Morgan fingerprint density at radius 1 is 1.09 bits per heavy atom. The van der Waals surface area contributed by atoms with Gasteiger partial charge in [0.2, 0.25) is 0 Å². The zero-order chi connectivity index (χ0) is 25.2. The lowest BCUT2D eigenvalue weighted by atomic mass is 9.98. The Labute approximate surface area is 203 Å². The molecule has 0 aliphatic rings. The second-order valence-corrected chi connectivity index (χ2v) is 9.10. The summed E-state index contributed by atoms with van der Waals surface area (Å²) in [5.41, 5.74) is 3.31. The number of benzene rings is 2. The normalized spacial score (nSPS) is 11.5. The Morgan fingerprint density at radius 2 is 1.80 bits per heavy atom. The molecule has 0 unspecified atom stereocenters. The van der Waals surface area contributed by atoms with Gasteiger partial charge in [-0.3, -0.25) is 9.48 Å². The van der Waals surface area contributed by atoms with Crippen molar-refractivity contribution in [3.63, 3.8) is 0 Å². The van der Waals surface area contributed by atoms with E-state index in [0.29, 0.717) is 23.1 Å². The Morgan fingerprint density at radius 3 is 2.49 bits per heavy atom. The smallest absolute Gasteiger partial charge is 0.407 e. The fourth-order valence-electron chi connectivity index (χ4n) is 3.86. The summed E-state index contributed by atoms with van der Waals surface area (Å²) in [6, 6.07) is 13.4. The van der Waals surface area contributed by atoms with E-state index in [0.717, 1.165) is 28.1 Å². The van der Waals surface area contributed by atoms with E-state index in [9.17, 15) is 9.59 Å². The number of aromatic nitrogens is 4. The van der Waals surface area contributed by atoms with Gasteiger partial charge in [-0.15, -0.1) is 0 Å². The number of alkyl carbamates (subject to hydrolysis) is 1. The molecule has 0 saturated heterocycles. The van der Waals surface area contributed by atoms with Crippen molar-refractivity contribution in [1.29, 1.82) is 0 Å². The molecule has 0 bridgehead atoms. The Kier molecular flexibility index (Phi) is 6.59. The number of hydrogen-bond donors (Lipinski definition) is 2. The molecule has 182 valence electrons. The number of amides is 1. The van der Waals surface area contributed by atoms with Crippen LogP contribution in [0.3, 0.4) is 0 Å². The molecule has 9 nitrogen and oxygen atoms in total. The summed E-state index contributed by atoms with van der Waals surface area (Å²) >= 11 is 0. The van der Waals surface area contributed by atoms with E-state index in [-0.39, 0.29) is 12.1 Å². The third-order valence-electron chi connectivity index (χ3n) is 5.36. The molecule has 4 aromatic rings. The van der Waals surface area contributed by atoms with Crippen LogP contribution < -0.4 is 15.6 Å². The van der Waals surface area contributed by atoms with Crippen LogP contribution in [0.2, 0.25) is 0 Å². The number of fused-ring (bicyclic) bond motifs is 1. The number of ether oxygens (including phenoxy) is 2. The van der Waals surface area contributed by atoms with Crippen LogP contribution >= 0.6 is 0 Å². The van der Waals surface area contributed by atoms with Crippen LogP contribution in [-0.4, -0.2) is 38.3 Å². The second kappa shape index (κ2) is 9.61. The van der Waals surface area contributed by atoms with Crippen LogP contribution in [0, 0.1) is 0 Å². The maximum atomic E-state index is 12.4. The summed E-state index contributed by atoms with van der Waals surface area (Å²) in [4.78, 5) is 24.6. The van der Waals surface area contributed by atoms with Gasteiger partial charge in [-0.1, -0.05) is 6.07 Å². The zero-order valence-corrected chi connectivity index (χ0v) is 20.5. The molecule has 2 heterocycles. The van der Waals surface area contributed by atoms with Crippen molar-refractivity contribution in [3.8, 4) is 28.1 Å². The fourth-order valence-corrected chi connectivity index (χ4v) is 3.86. The van der Waals surface area contributed by atoms with Crippen molar-refractivity contribution in [2.45, 2.75) is 39.8 Å². The van der Waals surface area contributed by atoms with E-state index >= 15 is 0 Å². The molecule has 0 spiro atoms.